The van der Waals surface area contributed by atoms with Gasteiger partial charge in [-0.2, -0.15) is 0 Å². The molecule has 1 aromatic carbocycles. The van der Waals surface area contributed by atoms with Gasteiger partial charge in [0.1, 0.15) is 26.2 Å². The zero-order valence-electron chi connectivity index (χ0n) is 35.7. The van der Waals surface area contributed by atoms with Crippen LogP contribution in [-0.2, 0) is 103 Å². The van der Waals surface area contributed by atoms with Crippen molar-refractivity contribution in [1.82, 2.24) is 0 Å². The number of benzene rings is 1. The third kappa shape index (κ3) is 9.98. The van der Waals surface area contributed by atoms with Crippen LogP contribution >= 0.6 is 0 Å². The summed E-state index contributed by atoms with van der Waals surface area (Å²) < 4.78 is 9.94. The van der Waals surface area contributed by atoms with Crippen molar-refractivity contribution in [2.75, 3.05) is 0 Å². The van der Waals surface area contributed by atoms with Crippen molar-refractivity contribution in [3.05, 3.63) is 153 Å². The highest BCUT2D eigenvalue weighted by Gasteiger charge is 2.19. The molecule has 4 heteroatoms. The highest BCUT2D eigenvalue weighted by Crippen LogP contribution is 2.26. The van der Waals surface area contributed by atoms with E-state index in [-0.39, 0.29) is 0 Å². The quantitative estimate of drug-likeness (QED) is 0.0892. The number of hydrogen-bond acceptors (Lipinski definition) is 0. The Labute approximate surface area is 350 Å². The summed E-state index contributed by atoms with van der Waals surface area (Å²) in [7, 11) is 0. The molecule has 0 amide bonds. The van der Waals surface area contributed by atoms with Gasteiger partial charge in [0.05, 0.1) is 0 Å². The van der Waals surface area contributed by atoms with Crippen molar-refractivity contribution in [1.29, 1.82) is 0 Å². The Morgan fingerprint density at radius 1 is 0.293 bits per heavy atom. The van der Waals surface area contributed by atoms with Gasteiger partial charge in [-0.1, -0.05) is 12.1 Å². The first-order valence-electron chi connectivity index (χ1n) is 23.9. The smallest absolute Gasteiger partial charge is 0.172 e. The molecule has 0 fully saturated rings. The van der Waals surface area contributed by atoms with E-state index in [9.17, 15) is 0 Å². The zero-order valence-corrected chi connectivity index (χ0v) is 35.7. The monoisotopic (exact) mass is 775 g/mol. The molecule has 0 atom stereocenters. The Bertz CT molecular complexity index is 1880. The number of pyridine rings is 4. The second-order valence-corrected chi connectivity index (χ2v) is 18.6. The largest absolute Gasteiger partial charge is 0.205 e. The lowest BCUT2D eigenvalue weighted by atomic mass is 9.89. The molecule has 9 rings (SSSR count). The summed E-state index contributed by atoms with van der Waals surface area (Å²) in [6.07, 6.45) is 49.5. The van der Waals surface area contributed by atoms with Gasteiger partial charge in [-0.05, 0) is 173 Å². The van der Waals surface area contributed by atoms with Gasteiger partial charge in [-0.3, -0.25) is 0 Å². The first kappa shape index (κ1) is 39.3. The van der Waals surface area contributed by atoms with Gasteiger partial charge in [0, 0.05) is 72.2 Å². The zero-order chi connectivity index (χ0) is 38.9. The minimum Gasteiger partial charge on any atom is -0.205 e. The molecule has 0 unspecified atom stereocenters. The molecular weight excluding hydrogens is 705 g/mol. The first-order valence-corrected chi connectivity index (χ1v) is 23.9. The van der Waals surface area contributed by atoms with Crippen LogP contribution in [0.2, 0.25) is 0 Å². The molecule has 5 aromatic rings. The van der Waals surface area contributed by atoms with Crippen LogP contribution in [-0.4, -0.2) is 0 Å². The Kier molecular flexibility index (Phi) is 13.0. The number of fused-ring (bicyclic) bond motifs is 4. The van der Waals surface area contributed by atoms with Crippen molar-refractivity contribution in [2.24, 2.45) is 0 Å². The van der Waals surface area contributed by atoms with E-state index in [1.54, 1.807) is 66.8 Å². The molecule has 4 heterocycles. The minimum absolute atomic E-state index is 1.10. The average molecular weight is 775 g/mol. The van der Waals surface area contributed by atoms with Crippen molar-refractivity contribution in [3.8, 4) is 0 Å². The lowest BCUT2D eigenvalue weighted by Gasteiger charge is -2.17. The fraction of sp³-hybridized carbons (Fsp3) is 0.519. The number of nitrogens with zero attached hydrogens (tertiary/aromatic N) is 4. The van der Waals surface area contributed by atoms with E-state index < -0.39 is 0 Å². The molecule has 4 aliphatic carbocycles. The molecule has 4 nitrogen and oxygen atoms in total. The van der Waals surface area contributed by atoms with Crippen LogP contribution in [0.4, 0.5) is 0 Å². The van der Waals surface area contributed by atoms with Gasteiger partial charge in [-0.15, -0.1) is 0 Å². The maximum absolute atomic E-state index is 2.69. The summed E-state index contributed by atoms with van der Waals surface area (Å²) >= 11 is 0. The van der Waals surface area contributed by atoms with E-state index in [2.05, 4.69) is 104 Å². The summed E-state index contributed by atoms with van der Waals surface area (Å²) in [6, 6.07) is 15.0. The van der Waals surface area contributed by atoms with Crippen LogP contribution in [0.3, 0.4) is 0 Å². The predicted octanol–water partition coefficient (Wildman–Crippen LogP) is 8.88. The molecule has 0 aliphatic heterocycles. The maximum atomic E-state index is 2.69. The van der Waals surface area contributed by atoms with Gasteiger partial charge in [0.25, 0.3) is 0 Å². The van der Waals surface area contributed by atoms with Crippen LogP contribution in [0.25, 0.3) is 0 Å². The fourth-order valence-corrected chi connectivity index (χ4v) is 11.0. The Hall–Kier alpha value is -4.18. The second-order valence-electron chi connectivity index (χ2n) is 18.6. The maximum Gasteiger partial charge on any atom is 0.172 e. The highest BCUT2D eigenvalue weighted by molar-refractivity contribution is 5.39. The number of rotatable bonds is 16. The normalized spacial score (nSPS) is 16.0. The standard InChI is InChI=1S/C54H70N4/c1-5-17-51-39-55(33-25-43(51)13-1)29-9-21-47-37-49(23-11-31-57-35-27-45-15-3-7-19-53(45)41-57)50(24-12-32-58-36-28-46-16-4-8-20-54(46)42-58)38-48(47)22-10-30-56-34-26-44-14-2-6-18-52(44)40-56/h25-28,33-42H,1-24,29-32H2/q+4. The van der Waals surface area contributed by atoms with E-state index in [1.165, 1.54) is 128 Å². The first-order chi connectivity index (χ1) is 28.7. The molecule has 4 aliphatic rings. The molecule has 0 bridgehead atoms. The van der Waals surface area contributed by atoms with Crippen molar-refractivity contribution < 1.29 is 18.3 Å². The van der Waals surface area contributed by atoms with Gasteiger partial charge < -0.3 is 0 Å². The summed E-state index contributed by atoms with van der Waals surface area (Å²) in [4.78, 5) is 0. The number of aryl methyl sites for hydroxylation is 16. The molecule has 4 aromatic heterocycles. The Morgan fingerprint density at radius 2 is 0.517 bits per heavy atom. The topological polar surface area (TPSA) is 15.5 Å². The Balaban J connectivity index is 0.943. The highest BCUT2D eigenvalue weighted by atomic mass is 14.9. The summed E-state index contributed by atoms with van der Waals surface area (Å²) in [6.45, 7) is 4.40. The van der Waals surface area contributed by atoms with Crippen LogP contribution < -0.4 is 18.3 Å². The van der Waals surface area contributed by atoms with Gasteiger partial charge >= 0.3 is 0 Å². The lowest BCUT2D eigenvalue weighted by Crippen LogP contribution is -2.35. The lowest BCUT2D eigenvalue weighted by molar-refractivity contribution is -0.698. The SMILES string of the molecule is c1c[n+](CCCc2cc(CCC[n+]3ccc4c(c3)CCCC4)c(CCC[n+]3ccc4c(c3)CCCC4)cc2CCC[n+]2ccc3c(c2)CCCC3)cc2c1CCCC2. The van der Waals surface area contributed by atoms with Crippen LogP contribution in [0.15, 0.2) is 86.0 Å². The van der Waals surface area contributed by atoms with Gasteiger partial charge in [-0.25, -0.2) is 18.3 Å². The predicted molar refractivity (Wildman–Crippen MR) is 233 cm³/mol. The third-order valence-corrected chi connectivity index (χ3v) is 14.3. The van der Waals surface area contributed by atoms with Crippen LogP contribution in [0, 0.1) is 0 Å². The molecule has 0 saturated heterocycles. The van der Waals surface area contributed by atoms with E-state index in [0.717, 1.165) is 51.9 Å². The number of hydrogen-bond donors (Lipinski definition) is 0. The van der Waals surface area contributed by atoms with E-state index in [4.69, 9.17) is 0 Å². The third-order valence-electron chi connectivity index (χ3n) is 14.3. The van der Waals surface area contributed by atoms with E-state index in [1.807, 2.05) is 0 Å². The summed E-state index contributed by atoms with van der Waals surface area (Å²) in [5.74, 6) is 0. The second kappa shape index (κ2) is 19.3. The molecule has 0 N–H and O–H groups in total. The fourth-order valence-electron chi connectivity index (χ4n) is 11.0. The molecule has 302 valence electrons. The minimum atomic E-state index is 1.10. The molecule has 0 radical (unpaired) electrons. The van der Waals surface area contributed by atoms with Crippen molar-refractivity contribution >= 4 is 0 Å². The van der Waals surface area contributed by atoms with Gasteiger partial charge in [0.2, 0.25) is 0 Å². The average Bonchev–Trinajstić information content (AvgIpc) is 3.27. The molecule has 0 spiro atoms. The number of aromatic nitrogens is 4. The molecule has 0 saturated carbocycles. The van der Waals surface area contributed by atoms with Crippen molar-refractivity contribution in [2.45, 2.75) is 180 Å². The van der Waals surface area contributed by atoms with Gasteiger partial charge in [0.15, 0.2) is 49.6 Å². The van der Waals surface area contributed by atoms with E-state index in [0.29, 0.717) is 0 Å². The van der Waals surface area contributed by atoms with Crippen LogP contribution in [0.1, 0.15) is 144 Å². The van der Waals surface area contributed by atoms with Crippen molar-refractivity contribution in [3.63, 3.8) is 0 Å². The van der Waals surface area contributed by atoms with Crippen LogP contribution in [0.5, 0.6) is 0 Å². The summed E-state index contributed by atoms with van der Waals surface area (Å²) in [5.41, 5.74) is 19.1. The molecule has 58 heavy (non-hydrogen) atoms. The Morgan fingerprint density at radius 3 is 0.759 bits per heavy atom. The molecular formula is C54H70N4+4. The summed E-state index contributed by atoms with van der Waals surface area (Å²) in [5, 5.41) is 0. The van der Waals surface area contributed by atoms with E-state index >= 15 is 0 Å².